The third-order valence-corrected chi connectivity index (χ3v) is 2.64. The quantitative estimate of drug-likeness (QED) is 0.830. The van der Waals surface area contributed by atoms with Gasteiger partial charge in [0.1, 0.15) is 5.84 Å². The van der Waals surface area contributed by atoms with Crippen LogP contribution in [0.5, 0.6) is 0 Å². The number of benzene rings is 1. The lowest BCUT2D eigenvalue weighted by Crippen LogP contribution is -2.23. The highest BCUT2D eigenvalue weighted by atomic mass is 16.1. The summed E-state index contributed by atoms with van der Waals surface area (Å²) in [6.07, 6.45) is 0. The van der Waals surface area contributed by atoms with Crippen molar-refractivity contribution < 1.29 is 4.79 Å². The molecule has 2 N–H and O–H groups in total. The van der Waals surface area contributed by atoms with Gasteiger partial charge in [0.25, 0.3) is 0 Å². The Morgan fingerprint density at radius 2 is 2.18 bits per heavy atom. The molecule has 1 aromatic rings. The van der Waals surface area contributed by atoms with Crippen LogP contribution in [0.15, 0.2) is 29.3 Å². The summed E-state index contributed by atoms with van der Waals surface area (Å²) in [5.74, 6) is 0.863. The van der Waals surface area contributed by atoms with Crippen LogP contribution in [0, 0.1) is 5.92 Å². The molecule has 2 rings (SSSR count). The SMILES string of the molecule is CC(C)C(=O)Nc1ccccc1C1=NCCN1. The van der Waals surface area contributed by atoms with Gasteiger partial charge in [-0.2, -0.15) is 0 Å². The van der Waals surface area contributed by atoms with E-state index in [1.807, 2.05) is 38.1 Å². The number of hydrogen-bond acceptors (Lipinski definition) is 3. The maximum atomic E-state index is 11.7. The molecule has 0 fully saturated rings. The fourth-order valence-electron chi connectivity index (χ4n) is 1.65. The summed E-state index contributed by atoms with van der Waals surface area (Å²) < 4.78 is 0. The average Bonchev–Trinajstić information content (AvgIpc) is 2.83. The lowest BCUT2D eigenvalue weighted by molar-refractivity contribution is -0.118. The van der Waals surface area contributed by atoms with Gasteiger partial charge in [0.05, 0.1) is 12.2 Å². The second kappa shape index (κ2) is 4.99. The summed E-state index contributed by atoms with van der Waals surface area (Å²) in [5, 5.41) is 6.14. The Kier molecular flexibility index (Phi) is 3.42. The first-order valence-corrected chi connectivity index (χ1v) is 5.87. The highest BCUT2D eigenvalue weighted by Gasteiger charge is 2.14. The molecule has 0 unspecified atom stereocenters. The summed E-state index contributed by atoms with van der Waals surface area (Å²) in [5.41, 5.74) is 1.78. The zero-order valence-electron chi connectivity index (χ0n) is 10.2. The smallest absolute Gasteiger partial charge is 0.226 e. The molecule has 0 saturated carbocycles. The van der Waals surface area contributed by atoms with Gasteiger partial charge >= 0.3 is 0 Å². The van der Waals surface area contributed by atoms with E-state index < -0.39 is 0 Å². The number of hydrogen-bond donors (Lipinski definition) is 2. The summed E-state index contributed by atoms with van der Waals surface area (Å²) in [4.78, 5) is 16.1. The number of carbonyl (C=O) groups excluding carboxylic acids is 1. The highest BCUT2D eigenvalue weighted by molar-refractivity contribution is 6.07. The van der Waals surface area contributed by atoms with E-state index >= 15 is 0 Å². The Morgan fingerprint density at radius 1 is 1.41 bits per heavy atom. The minimum absolute atomic E-state index is 0.0241. The van der Waals surface area contributed by atoms with Crippen LogP contribution in [0.3, 0.4) is 0 Å². The van der Waals surface area contributed by atoms with Crippen molar-refractivity contribution in [3.63, 3.8) is 0 Å². The molecule has 1 amide bonds. The predicted octanol–water partition coefficient (Wildman–Crippen LogP) is 1.63. The Hall–Kier alpha value is -1.84. The fraction of sp³-hybridized carbons (Fsp3) is 0.385. The first-order chi connectivity index (χ1) is 8.18. The van der Waals surface area contributed by atoms with Crippen LogP contribution < -0.4 is 10.6 Å². The van der Waals surface area contributed by atoms with Crippen LogP contribution in [-0.2, 0) is 4.79 Å². The second-order valence-corrected chi connectivity index (χ2v) is 4.35. The highest BCUT2D eigenvalue weighted by Crippen LogP contribution is 2.17. The molecule has 0 bridgehead atoms. The molecule has 0 aliphatic carbocycles. The molecule has 4 heteroatoms. The average molecular weight is 231 g/mol. The molecule has 0 radical (unpaired) electrons. The molecule has 0 saturated heterocycles. The predicted molar refractivity (Wildman–Crippen MR) is 69.3 cm³/mol. The van der Waals surface area contributed by atoms with E-state index in [9.17, 15) is 4.79 Å². The van der Waals surface area contributed by atoms with Crippen molar-refractivity contribution in [1.29, 1.82) is 0 Å². The number of amidine groups is 1. The minimum Gasteiger partial charge on any atom is -0.368 e. The molecule has 1 aliphatic rings. The van der Waals surface area contributed by atoms with E-state index in [0.29, 0.717) is 0 Å². The van der Waals surface area contributed by atoms with Crippen molar-refractivity contribution in [3.05, 3.63) is 29.8 Å². The summed E-state index contributed by atoms with van der Waals surface area (Å²) in [7, 11) is 0. The number of rotatable bonds is 3. The maximum absolute atomic E-state index is 11.7. The topological polar surface area (TPSA) is 53.5 Å². The molecule has 0 aromatic heterocycles. The van der Waals surface area contributed by atoms with Crippen LogP contribution in [0.2, 0.25) is 0 Å². The summed E-state index contributed by atoms with van der Waals surface area (Å²) in [6.45, 7) is 5.41. The molecular formula is C13H17N3O. The molecular weight excluding hydrogens is 214 g/mol. The third kappa shape index (κ3) is 2.64. The van der Waals surface area contributed by atoms with Crippen molar-refractivity contribution in [2.45, 2.75) is 13.8 Å². The first kappa shape index (κ1) is 11.6. The zero-order chi connectivity index (χ0) is 12.3. The molecule has 0 spiro atoms. The van der Waals surface area contributed by atoms with E-state index in [4.69, 9.17) is 0 Å². The Balaban J connectivity index is 2.24. The van der Waals surface area contributed by atoms with Gasteiger partial charge in [0, 0.05) is 18.0 Å². The van der Waals surface area contributed by atoms with Crippen molar-refractivity contribution in [2.75, 3.05) is 18.4 Å². The molecule has 4 nitrogen and oxygen atoms in total. The molecule has 1 aromatic carbocycles. The molecule has 90 valence electrons. The van der Waals surface area contributed by atoms with Gasteiger partial charge in [0.15, 0.2) is 0 Å². The van der Waals surface area contributed by atoms with Crippen LogP contribution in [0.1, 0.15) is 19.4 Å². The molecule has 1 aliphatic heterocycles. The van der Waals surface area contributed by atoms with Gasteiger partial charge in [-0.3, -0.25) is 9.79 Å². The third-order valence-electron chi connectivity index (χ3n) is 2.64. The Bertz CT molecular complexity index is 452. The number of para-hydroxylation sites is 1. The van der Waals surface area contributed by atoms with Crippen LogP contribution in [0.4, 0.5) is 5.69 Å². The van der Waals surface area contributed by atoms with Gasteiger partial charge in [0.2, 0.25) is 5.91 Å². The minimum atomic E-state index is -0.0264. The Morgan fingerprint density at radius 3 is 2.82 bits per heavy atom. The summed E-state index contributed by atoms with van der Waals surface area (Å²) >= 11 is 0. The standard InChI is InChI=1S/C13H17N3O/c1-9(2)13(17)16-11-6-4-3-5-10(11)12-14-7-8-15-12/h3-6,9H,7-8H2,1-2H3,(H,14,15)(H,16,17). The van der Waals surface area contributed by atoms with Crippen molar-refractivity contribution in [1.82, 2.24) is 5.32 Å². The number of carbonyl (C=O) groups is 1. The van der Waals surface area contributed by atoms with Gasteiger partial charge in [-0.1, -0.05) is 26.0 Å². The Labute approximate surface area is 101 Å². The number of anilines is 1. The number of aliphatic imine (C=N–C) groups is 1. The number of nitrogens with one attached hydrogen (secondary N) is 2. The zero-order valence-corrected chi connectivity index (χ0v) is 10.2. The molecule has 0 atom stereocenters. The summed E-state index contributed by atoms with van der Waals surface area (Å²) in [6, 6.07) is 7.73. The monoisotopic (exact) mass is 231 g/mol. The molecule has 1 heterocycles. The number of amides is 1. The largest absolute Gasteiger partial charge is 0.368 e. The van der Waals surface area contributed by atoms with Crippen LogP contribution in [0.25, 0.3) is 0 Å². The fourth-order valence-corrected chi connectivity index (χ4v) is 1.65. The van der Waals surface area contributed by atoms with Gasteiger partial charge in [-0.25, -0.2) is 0 Å². The van der Waals surface area contributed by atoms with E-state index in [0.717, 1.165) is 30.2 Å². The van der Waals surface area contributed by atoms with Crippen LogP contribution >= 0.6 is 0 Å². The first-order valence-electron chi connectivity index (χ1n) is 5.87. The van der Waals surface area contributed by atoms with Gasteiger partial charge in [-0.05, 0) is 12.1 Å². The molecule has 17 heavy (non-hydrogen) atoms. The van der Waals surface area contributed by atoms with Crippen molar-refractivity contribution in [2.24, 2.45) is 10.9 Å². The normalized spacial score (nSPS) is 14.4. The number of nitrogens with zero attached hydrogens (tertiary/aromatic N) is 1. The lowest BCUT2D eigenvalue weighted by Gasteiger charge is -2.12. The van der Waals surface area contributed by atoms with Crippen molar-refractivity contribution in [3.8, 4) is 0 Å². The van der Waals surface area contributed by atoms with E-state index in [1.165, 1.54) is 0 Å². The van der Waals surface area contributed by atoms with E-state index in [-0.39, 0.29) is 11.8 Å². The van der Waals surface area contributed by atoms with Gasteiger partial charge < -0.3 is 10.6 Å². The van der Waals surface area contributed by atoms with E-state index in [1.54, 1.807) is 0 Å². The second-order valence-electron chi connectivity index (χ2n) is 4.35. The maximum Gasteiger partial charge on any atom is 0.226 e. The lowest BCUT2D eigenvalue weighted by atomic mass is 10.1. The van der Waals surface area contributed by atoms with Crippen molar-refractivity contribution >= 4 is 17.4 Å². The van der Waals surface area contributed by atoms with Gasteiger partial charge in [-0.15, -0.1) is 0 Å². The van der Waals surface area contributed by atoms with E-state index in [2.05, 4.69) is 15.6 Å². The van der Waals surface area contributed by atoms with Crippen LogP contribution in [-0.4, -0.2) is 24.8 Å².